The maximum absolute atomic E-state index is 12.4. The fourth-order valence-corrected chi connectivity index (χ4v) is 2.59. The quantitative estimate of drug-likeness (QED) is 0.589. The van der Waals surface area contributed by atoms with E-state index in [1.54, 1.807) is 48.7 Å². The van der Waals surface area contributed by atoms with E-state index < -0.39 is 17.7 Å². The van der Waals surface area contributed by atoms with Crippen LogP contribution >= 0.6 is 11.6 Å². The van der Waals surface area contributed by atoms with Crippen molar-refractivity contribution in [2.45, 2.75) is 0 Å². The van der Waals surface area contributed by atoms with Gasteiger partial charge < -0.3 is 16.4 Å². The van der Waals surface area contributed by atoms with Gasteiger partial charge in [0.25, 0.3) is 11.8 Å². The molecule has 2 aromatic carbocycles. The largest absolute Gasteiger partial charge is 0.368 e. The summed E-state index contributed by atoms with van der Waals surface area (Å²) in [7, 11) is 0. The van der Waals surface area contributed by atoms with Gasteiger partial charge in [0.05, 0.1) is 12.2 Å². The zero-order valence-corrected chi connectivity index (χ0v) is 15.3. The lowest BCUT2D eigenvalue weighted by Gasteiger charge is -2.07. The molecule has 3 amide bonds. The van der Waals surface area contributed by atoms with E-state index in [9.17, 15) is 14.4 Å². The van der Waals surface area contributed by atoms with Gasteiger partial charge >= 0.3 is 0 Å². The van der Waals surface area contributed by atoms with Crippen LogP contribution in [0.3, 0.4) is 0 Å². The van der Waals surface area contributed by atoms with Gasteiger partial charge in [-0.05, 0) is 42.5 Å². The fourth-order valence-electron chi connectivity index (χ4n) is 2.41. The molecule has 4 N–H and O–H groups in total. The minimum atomic E-state index is -0.645. The first-order chi connectivity index (χ1) is 13.4. The first-order valence-electron chi connectivity index (χ1n) is 8.22. The summed E-state index contributed by atoms with van der Waals surface area (Å²) in [5, 5.41) is 9.87. The van der Waals surface area contributed by atoms with Crippen LogP contribution in [0, 0.1) is 0 Å². The van der Waals surface area contributed by atoms with E-state index >= 15 is 0 Å². The van der Waals surface area contributed by atoms with Crippen molar-refractivity contribution in [3.05, 3.63) is 77.1 Å². The first-order valence-corrected chi connectivity index (χ1v) is 8.60. The molecular weight excluding hydrogens is 382 g/mol. The molecule has 0 aliphatic carbocycles. The maximum Gasteiger partial charge on any atom is 0.276 e. The molecule has 3 rings (SSSR count). The van der Waals surface area contributed by atoms with E-state index in [0.29, 0.717) is 10.7 Å². The van der Waals surface area contributed by atoms with Crippen LogP contribution < -0.4 is 16.4 Å². The number of nitrogens with two attached hydrogens (primary N) is 1. The Hall–Kier alpha value is -3.65. The Bertz CT molecular complexity index is 1050. The topological polar surface area (TPSA) is 119 Å². The molecule has 142 valence electrons. The molecule has 0 saturated carbocycles. The second-order valence-electron chi connectivity index (χ2n) is 5.81. The number of aromatic nitrogens is 2. The lowest BCUT2D eigenvalue weighted by Crippen LogP contribution is -2.33. The average Bonchev–Trinajstić information content (AvgIpc) is 3.17. The Morgan fingerprint density at radius 1 is 1.04 bits per heavy atom. The Morgan fingerprint density at radius 3 is 2.57 bits per heavy atom. The highest BCUT2D eigenvalue weighted by Crippen LogP contribution is 2.16. The number of amides is 3. The standard InChI is InChI=1S/C19H16ClN5O3/c20-13-4-2-6-15(10-13)25-8-7-16(24-25)19(28)23-14-5-1-3-12(9-14)18(27)22-11-17(21)26/h1-10H,11H2,(H2,21,26)(H,22,27)(H,23,28). The van der Waals surface area contributed by atoms with Crippen LogP contribution in [0.1, 0.15) is 20.8 Å². The number of anilines is 1. The van der Waals surface area contributed by atoms with Crippen molar-refractivity contribution in [3.63, 3.8) is 0 Å². The third-order valence-electron chi connectivity index (χ3n) is 3.70. The van der Waals surface area contributed by atoms with Crippen LogP contribution in [0.5, 0.6) is 0 Å². The first kappa shape index (κ1) is 19.1. The molecule has 0 fully saturated rings. The minimum Gasteiger partial charge on any atom is -0.368 e. The van der Waals surface area contributed by atoms with Crippen LogP contribution in [0.4, 0.5) is 5.69 Å². The highest BCUT2D eigenvalue weighted by Gasteiger charge is 2.12. The predicted molar refractivity (Wildman–Crippen MR) is 104 cm³/mol. The van der Waals surface area contributed by atoms with Gasteiger partial charge in [0, 0.05) is 22.5 Å². The molecule has 1 aromatic heterocycles. The van der Waals surface area contributed by atoms with Gasteiger partial charge in [0.15, 0.2) is 5.69 Å². The third-order valence-corrected chi connectivity index (χ3v) is 3.94. The highest BCUT2D eigenvalue weighted by molar-refractivity contribution is 6.30. The molecule has 0 aliphatic heterocycles. The van der Waals surface area contributed by atoms with Gasteiger partial charge in [-0.1, -0.05) is 23.7 Å². The Balaban J connectivity index is 1.71. The summed E-state index contributed by atoms with van der Waals surface area (Å²) in [5.74, 6) is -1.55. The van der Waals surface area contributed by atoms with E-state index in [0.717, 1.165) is 5.69 Å². The number of nitrogens with one attached hydrogen (secondary N) is 2. The van der Waals surface area contributed by atoms with Crippen LogP contribution in [-0.2, 0) is 4.79 Å². The summed E-state index contributed by atoms with van der Waals surface area (Å²) < 4.78 is 1.54. The van der Waals surface area contributed by atoms with Crippen molar-refractivity contribution < 1.29 is 14.4 Å². The van der Waals surface area contributed by atoms with Crippen LogP contribution in [0.2, 0.25) is 5.02 Å². The van der Waals surface area contributed by atoms with E-state index in [-0.39, 0.29) is 17.8 Å². The molecule has 0 bridgehead atoms. The van der Waals surface area contributed by atoms with Gasteiger partial charge in [-0.3, -0.25) is 14.4 Å². The molecule has 9 heteroatoms. The number of carbonyl (C=O) groups excluding carboxylic acids is 3. The third kappa shape index (κ3) is 4.74. The summed E-state index contributed by atoms with van der Waals surface area (Å²) in [6, 6.07) is 14.9. The zero-order valence-electron chi connectivity index (χ0n) is 14.6. The van der Waals surface area contributed by atoms with E-state index in [1.165, 1.54) is 10.7 Å². The lowest BCUT2D eigenvalue weighted by molar-refractivity contribution is -0.117. The fraction of sp³-hybridized carbons (Fsp3) is 0.0526. The Kier molecular flexibility index (Phi) is 5.71. The number of carbonyl (C=O) groups is 3. The van der Waals surface area contributed by atoms with Crippen molar-refractivity contribution in [2.75, 3.05) is 11.9 Å². The number of primary amides is 1. The van der Waals surface area contributed by atoms with E-state index in [2.05, 4.69) is 15.7 Å². The Morgan fingerprint density at radius 2 is 1.82 bits per heavy atom. The monoisotopic (exact) mass is 397 g/mol. The molecule has 0 saturated heterocycles. The van der Waals surface area contributed by atoms with Crippen molar-refractivity contribution in [2.24, 2.45) is 5.73 Å². The van der Waals surface area contributed by atoms with Gasteiger partial charge in [0.2, 0.25) is 5.91 Å². The number of rotatable bonds is 6. The average molecular weight is 398 g/mol. The smallest absolute Gasteiger partial charge is 0.276 e. The molecular formula is C19H16ClN5O3. The normalized spacial score (nSPS) is 10.3. The van der Waals surface area contributed by atoms with Crippen LogP contribution in [0.15, 0.2) is 60.8 Å². The molecule has 0 spiro atoms. The van der Waals surface area contributed by atoms with Gasteiger partial charge in [-0.15, -0.1) is 0 Å². The summed E-state index contributed by atoms with van der Waals surface area (Å²) in [5.41, 5.74) is 6.62. The summed E-state index contributed by atoms with van der Waals surface area (Å²) in [6.07, 6.45) is 1.65. The predicted octanol–water partition coefficient (Wildman–Crippen LogP) is 1.99. The molecule has 8 nitrogen and oxygen atoms in total. The Labute approximate surface area is 165 Å². The number of benzene rings is 2. The molecule has 3 aromatic rings. The van der Waals surface area contributed by atoms with E-state index in [4.69, 9.17) is 17.3 Å². The SMILES string of the molecule is NC(=O)CNC(=O)c1cccc(NC(=O)c2ccn(-c3cccc(Cl)c3)n2)c1. The van der Waals surface area contributed by atoms with Crippen molar-refractivity contribution in [3.8, 4) is 5.69 Å². The number of hydrogen-bond donors (Lipinski definition) is 3. The molecule has 0 atom stereocenters. The molecule has 0 unspecified atom stereocenters. The second-order valence-corrected chi connectivity index (χ2v) is 6.25. The van der Waals surface area contributed by atoms with Crippen molar-refractivity contribution >= 4 is 35.0 Å². The second kappa shape index (κ2) is 8.36. The molecule has 28 heavy (non-hydrogen) atoms. The van der Waals surface area contributed by atoms with Crippen LogP contribution in [0.25, 0.3) is 5.69 Å². The molecule has 0 radical (unpaired) electrons. The summed E-state index contributed by atoms with van der Waals surface area (Å²) >= 11 is 5.97. The molecule has 0 aliphatic rings. The summed E-state index contributed by atoms with van der Waals surface area (Å²) in [6.45, 7) is -0.268. The van der Waals surface area contributed by atoms with Gasteiger partial charge in [-0.25, -0.2) is 4.68 Å². The highest BCUT2D eigenvalue weighted by atomic mass is 35.5. The van der Waals surface area contributed by atoms with Gasteiger partial charge in [-0.2, -0.15) is 5.10 Å². The molecule has 1 heterocycles. The zero-order chi connectivity index (χ0) is 20.1. The van der Waals surface area contributed by atoms with Crippen LogP contribution in [-0.4, -0.2) is 34.0 Å². The lowest BCUT2D eigenvalue weighted by atomic mass is 10.2. The number of hydrogen-bond acceptors (Lipinski definition) is 4. The number of halogens is 1. The van der Waals surface area contributed by atoms with E-state index in [1.807, 2.05) is 6.07 Å². The van der Waals surface area contributed by atoms with Crippen molar-refractivity contribution in [1.29, 1.82) is 0 Å². The minimum absolute atomic E-state index is 0.198. The summed E-state index contributed by atoms with van der Waals surface area (Å²) in [4.78, 5) is 35.2. The number of nitrogens with zero attached hydrogens (tertiary/aromatic N) is 2. The van der Waals surface area contributed by atoms with Crippen molar-refractivity contribution in [1.82, 2.24) is 15.1 Å². The van der Waals surface area contributed by atoms with Gasteiger partial charge in [0.1, 0.15) is 0 Å². The maximum atomic E-state index is 12.4.